The number of nitrogens with zero attached hydrogens (tertiary/aromatic N) is 1. The number of hydrogen-bond acceptors (Lipinski definition) is 4. The molecule has 0 aliphatic carbocycles. The van der Waals surface area contributed by atoms with E-state index in [4.69, 9.17) is 0 Å². The molecule has 178 valence electrons. The summed E-state index contributed by atoms with van der Waals surface area (Å²) in [5.41, 5.74) is 0.271. The van der Waals surface area contributed by atoms with E-state index in [9.17, 15) is 23.6 Å². The zero-order valence-corrected chi connectivity index (χ0v) is 18.7. The molecule has 35 heavy (non-hydrogen) atoms. The van der Waals surface area contributed by atoms with Crippen LogP contribution in [0.3, 0.4) is 0 Å². The van der Waals surface area contributed by atoms with Crippen LogP contribution < -0.4 is 16.0 Å². The van der Waals surface area contributed by atoms with Crippen molar-refractivity contribution in [3.05, 3.63) is 102 Å². The number of carbonyl (C=O) groups excluding carboxylic acids is 4. The number of urea groups is 2. The van der Waals surface area contributed by atoms with Gasteiger partial charge in [-0.15, -0.1) is 0 Å². The molecule has 1 heterocycles. The molecule has 1 aliphatic heterocycles. The molecule has 8 nitrogen and oxygen atoms in total. The Labute approximate surface area is 201 Å². The lowest BCUT2D eigenvalue weighted by molar-refractivity contribution is -0.134. The fourth-order valence-corrected chi connectivity index (χ4v) is 4.04. The number of nitrogens with one attached hydrogen (secondary N) is 3. The lowest BCUT2D eigenvalue weighted by Gasteiger charge is -2.27. The molecular weight excluding hydrogens is 451 g/mol. The van der Waals surface area contributed by atoms with Crippen molar-refractivity contribution in [1.29, 1.82) is 0 Å². The summed E-state index contributed by atoms with van der Waals surface area (Å²) >= 11 is 0. The first kappa shape index (κ1) is 23.6. The molecule has 9 heteroatoms. The number of benzene rings is 3. The van der Waals surface area contributed by atoms with Gasteiger partial charge in [-0.1, -0.05) is 72.8 Å². The van der Waals surface area contributed by atoms with Crippen molar-refractivity contribution >= 4 is 29.6 Å². The molecule has 4 rings (SSSR count). The monoisotopic (exact) mass is 474 g/mol. The maximum absolute atomic E-state index is 13.7. The highest BCUT2D eigenvalue weighted by atomic mass is 19.1. The Hall–Kier alpha value is -4.53. The van der Waals surface area contributed by atoms with Gasteiger partial charge in [-0.3, -0.25) is 19.8 Å². The number of anilines is 1. The van der Waals surface area contributed by atoms with Crippen LogP contribution in [-0.2, 0) is 22.4 Å². The van der Waals surface area contributed by atoms with Gasteiger partial charge in [0.05, 0.1) is 5.69 Å². The van der Waals surface area contributed by atoms with E-state index in [1.54, 1.807) is 0 Å². The molecule has 3 aromatic carbocycles. The van der Waals surface area contributed by atoms with Crippen molar-refractivity contribution in [1.82, 2.24) is 15.5 Å². The summed E-state index contributed by atoms with van der Waals surface area (Å²) in [5, 5.41) is 7.02. The zero-order valence-electron chi connectivity index (χ0n) is 18.7. The highest BCUT2D eigenvalue weighted by Gasteiger charge is 2.51. The van der Waals surface area contributed by atoms with E-state index >= 15 is 0 Å². The molecular formula is C26H23FN4O4. The van der Waals surface area contributed by atoms with Crippen molar-refractivity contribution in [3.63, 3.8) is 0 Å². The van der Waals surface area contributed by atoms with Crippen LogP contribution >= 0.6 is 0 Å². The van der Waals surface area contributed by atoms with Crippen molar-refractivity contribution in [2.45, 2.75) is 18.4 Å². The van der Waals surface area contributed by atoms with Crippen LogP contribution in [0.5, 0.6) is 0 Å². The van der Waals surface area contributed by atoms with E-state index in [1.807, 2.05) is 66.0 Å². The normalized spacial score (nSPS) is 14.4. The van der Waals surface area contributed by atoms with E-state index in [1.165, 1.54) is 18.2 Å². The number of imide groups is 2. The average Bonchev–Trinajstić information content (AvgIpc) is 3.05. The summed E-state index contributed by atoms with van der Waals surface area (Å²) in [6.07, 6.45) is 0.443. The Kier molecular flexibility index (Phi) is 6.86. The smallest absolute Gasteiger partial charge is 0.322 e. The topological polar surface area (TPSA) is 108 Å². The number of halogens is 1. The first-order chi connectivity index (χ1) is 16.9. The van der Waals surface area contributed by atoms with E-state index in [0.717, 1.165) is 22.1 Å². The van der Waals surface area contributed by atoms with Gasteiger partial charge in [0.25, 0.3) is 5.91 Å². The second-order valence-corrected chi connectivity index (χ2v) is 8.21. The van der Waals surface area contributed by atoms with E-state index in [0.29, 0.717) is 0 Å². The molecule has 3 aromatic rings. The minimum atomic E-state index is -1.30. The van der Waals surface area contributed by atoms with Gasteiger partial charge in [0.1, 0.15) is 17.9 Å². The summed E-state index contributed by atoms with van der Waals surface area (Å²) in [6, 6.07) is 22.2. The Morgan fingerprint density at radius 1 is 0.829 bits per heavy atom. The number of hydrogen-bond donors (Lipinski definition) is 3. The van der Waals surface area contributed by atoms with E-state index in [-0.39, 0.29) is 18.5 Å². The Balaban J connectivity index is 1.49. The minimum Gasteiger partial charge on any atom is -0.322 e. The van der Waals surface area contributed by atoms with Crippen LogP contribution in [0.4, 0.5) is 19.7 Å². The highest BCUT2D eigenvalue weighted by Crippen LogP contribution is 2.27. The van der Waals surface area contributed by atoms with Crippen LogP contribution in [0.15, 0.2) is 84.9 Å². The van der Waals surface area contributed by atoms with Crippen LogP contribution in [0, 0.1) is 5.82 Å². The molecule has 1 saturated heterocycles. The molecule has 0 aromatic heterocycles. The largest absolute Gasteiger partial charge is 0.326 e. The second kappa shape index (κ2) is 10.2. The Bertz CT molecular complexity index is 1210. The number of amides is 6. The average molecular weight is 474 g/mol. The number of rotatable bonds is 7. The van der Waals surface area contributed by atoms with E-state index in [2.05, 4.69) is 10.6 Å². The van der Waals surface area contributed by atoms with Crippen molar-refractivity contribution in [3.8, 4) is 0 Å². The fourth-order valence-electron chi connectivity index (χ4n) is 4.04. The summed E-state index contributed by atoms with van der Waals surface area (Å²) in [7, 11) is 0. The third-order valence-corrected chi connectivity index (χ3v) is 5.62. The van der Waals surface area contributed by atoms with Crippen LogP contribution in [0.2, 0.25) is 0 Å². The van der Waals surface area contributed by atoms with Crippen molar-refractivity contribution in [2.75, 3.05) is 11.9 Å². The molecule has 0 spiro atoms. The highest BCUT2D eigenvalue weighted by molar-refractivity contribution is 6.11. The molecule has 0 saturated carbocycles. The van der Waals surface area contributed by atoms with Gasteiger partial charge in [-0.05, 0) is 23.3 Å². The van der Waals surface area contributed by atoms with Gasteiger partial charge in [0.2, 0.25) is 5.91 Å². The summed E-state index contributed by atoms with van der Waals surface area (Å²) < 4.78 is 13.7. The fraction of sp³-hybridized carbons (Fsp3) is 0.154. The first-order valence-corrected chi connectivity index (χ1v) is 10.9. The van der Waals surface area contributed by atoms with Crippen LogP contribution in [0.1, 0.15) is 11.1 Å². The lowest BCUT2D eigenvalue weighted by Crippen LogP contribution is -2.51. The third-order valence-electron chi connectivity index (χ3n) is 5.62. The van der Waals surface area contributed by atoms with Gasteiger partial charge in [-0.2, -0.15) is 0 Å². The maximum Gasteiger partial charge on any atom is 0.326 e. The summed E-state index contributed by atoms with van der Waals surface area (Å²) in [4.78, 5) is 51.7. The van der Waals surface area contributed by atoms with Gasteiger partial charge >= 0.3 is 12.1 Å². The number of carbonyl (C=O) groups is 4. The Morgan fingerprint density at radius 3 is 1.94 bits per heavy atom. The Morgan fingerprint density at radius 2 is 1.37 bits per heavy atom. The SMILES string of the molecule is O=C(CN1C(=O)NC(Cc2ccccc2)(Cc2ccccc2)C1=O)NC(=O)Nc1ccccc1F. The summed E-state index contributed by atoms with van der Waals surface area (Å²) in [6.45, 7) is -0.666. The quantitative estimate of drug-likeness (QED) is 0.457. The van der Waals surface area contributed by atoms with Crippen molar-refractivity contribution in [2.24, 2.45) is 0 Å². The van der Waals surface area contributed by atoms with Gasteiger partial charge < -0.3 is 10.6 Å². The molecule has 1 fully saturated rings. The maximum atomic E-state index is 13.7. The molecule has 0 radical (unpaired) electrons. The molecule has 0 unspecified atom stereocenters. The molecule has 0 atom stereocenters. The molecule has 3 N–H and O–H groups in total. The van der Waals surface area contributed by atoms with Crippen molar-refractivity contribution < 1.29 is 23.6 Å². The third kappa shape index (κ3) is 5.52. The molecule has 6 amide bonds. The standard InChI is InChI=1S/C26H23FN4O4/c27-20-13-7-8-14-21(20)28-24(34)29-22(32)17-31-23(33)26(30-25(31)35,15-18-9-3-1-4-10-18)16-19-11-5-2-6-12-19/h1-14H,15-17H2,(H,30,35)(H2,28,29,32,34). The lowest BCUT2D eigenvalue weighted by atomic mass is 9.84. The van der Waals surface area contributed by atoms with Crippen LogP contribution in [0.25, 0.3) is 0 Å². The predicted octanol–water partition coefficient (Wildman–Crippen LogP) is 3.25. The minimum absolute atomic E-state index is 0.113. The number of para-hydroxylation sites is 1. The van der Waals surface area contributed by atoms with Gasteiger partial charge in [-0.25, -0.2) is 14.0 Å². The predicted molar refractivity (Wildman–Crippen MR) is 127 cm³/mol. The molecule has 1 aliphatic rings. The zero-order chi connectivity index (χ0) is 24.8. The second-order valence-electron chi connectivity index (χ2n) is 8.21. The van der Waals surface area contributed by atoms with E-state index < -0.39 is 41.8 Å². The summed E-state index contributed by atoms with van der Waals surface area (Å²) in [5.74, 6) is -2.13. The van der Waals surface area contributed by atoms with Gasteiger partial charge in [0.15, 0.2) is 0 Å². The van der Waals surface area contributed by atoms with Crippen LogP contribution in [-0.4, -0.2) is 40.9 Å². The molecule has 0 bridgehead atoms. The van der Waals surface area contributed by atoms with Gasteiger partial charge in [0, 0.05) is 12.8 Å². The first-order valence-electron chi connectivity index (χ1n) is 10.9.